The average molecular weight is 298 g/mol. The van der Waals surface area contributed by atoms with E-state index < -0.39 is 0 Å². The lowest BCUT2D eigenvalue weighted by molar-refractivity contribution is -0.670. The van der Waals surface area contributed by atoms with E-state index in [1.165, 1.54) is 70.0 Å². The molecule has 1 rings (SSSR count). The van der Waals surface area contributed by atoms with Crippen LogP contribution < -0.4 is 4.57 Å². The Morgan fingerprint density at radius 1 is 0.900 bits per heavy atom. The van der Waals surface area contributed by atoms with Gasteiger partial charge in [-0.25, -0.2) is 9.13 Å². The molecule has 1 heterocycles. The molecule has 116 valence electrons. The van der Waals surface area contributed by atoms with Crippen molar-refractivity contribution in [1.82, 2.24) is 4.57 Å². The lowest BCUT2D eigenvalue weighted by atomic mass is 10.1. The molecule has 20 heavy (non-hydrogen) atoms. The molecule has 0 aliphatic rings. The Morgan fingerprint density at radius 2 is 1.50 bits per heavy atom. The maximum atomic E-state index is 2.29. The number of thioether (sulfide) groups is 1. The second-order valence-corrected chi connectivity index (χ2v) is 6.89. The maximum absolute atomic E-state index is 2.29. The van der Waals surface area contributed by atoms with Gasteiger partial charge in [-0.3, -0.25) is 0 Å². The number of rotatable bonds is 13. The fourth-order valence-electron chi connectivity index (χ4n) is 2.44. The van der Waals surface area contributed by atoms with Gasteiger partial charge in [0.1, 0.15) is 18.3 Å². The molecule has 0 fully saturated rings. The molecular weight excluding hydrogens is 264 g/mol. The van der Waals surface area contributed by atoms with E-state index in [4.69, 9.17) is 0 Å². The van der Waals surface area contributed by atoms with E-state index in [-0.39, 0.29) is 0 Å². The summed E-state index contributed by atoms with van der Waals surface area (Å²) >= 11 is 2.05. The summed E-state index contributed by atoms with van der Waals surface area (Å²) in [5.41, 5.74) is 0. The van der Waals surface area contributed by atoms with Crippen molar-refractivity contribution in [3.05, 3.63) is 18.7 Å². The SMILES string of the molecule is CCCCCCCCCCCCSCn1cc[n+](C)c1. The highest BCUT2D eigenvalue weighted by atomic mass is 32.2. The van der Waals surface area contributed by atoms with Crippen molar-refractivity contribution in [3.63, 3.8) is 0 Å². The molecule has 3 heteroatoms. The third-order valence-electron chi connectivity index (χ3n) is 3.71. The molecule has 0 aliphatic heterocycles. The fraction of sp³-hybridized carbons (Fsp3) is 0.824. The van der Waals surface area contributed by atoms with Gasteiger partial charge in [0.25, 0.3) is 0 Å². The number of aryl methyl sites for hydroxylation is 1. The van der Waals surface area contributed by atoms with Crippen LogP contribution in [0.15, 0.2) is 18.7 Å². The van der Waals surface area contributed by atoms with Crippen molar-refractivity contribution in [3.8, 4) is 0 Å². The first-order valence-corrected chi connectivity index (χ1v) is 9.57. The summed E-state index contributed by atoms with van der Waals surface area (Å²) in [4.78, 5) is 0. The summed E-state index contributed by atoms with van der Waals surface area (Å²) in [6.07, 6.45) is 20.7. The van der Waals surface area contributed by atoms with Gasteiger partial charge in [-0.2, -0.15) is 0 Å². The van der Waals surface area contributed by atoms with Gasteiger partial charge in [0.15, 0.2) is 0 Å². The van der Waals surface area contributed by atoms with Crippen LogP contribution in [0.4, 0.5) is 0 Å². The lowest BCUT2D eigenvalue weighted by Gasteiger charge is -2.02. The molecule has 0 atom stereocenters. The van der Waals surface area contributed by atoms with Crippen LogP contribution in [-0.4, -0.2) is 10.3 Å². The minimum Gasteiger partial charge on any atom is -0.240 e. The molecule has 2 nitrogen and oxygen atoms in total. The highest BCUT2D eigenvalue weighted by molar-refractivity contribution is 7.98. The first kappa shape index (κ1) is 17.6. The molecule has 0 radical (unpaired) electrons. The minimum absolute atomic E-state index is 1.10. The van der Waals surface area contributed by atoms with Gasteiger partial charge in [0.2, 0.25) is 6.33 Å². The molecule has 0 aromatic carbocycles. The Bertz CT molecular complexity index is 323. The number of imidazole rings is 1. The Balaban J connectivity index is 1.76. The molecular formula is C17H33N2S+. The van der Waals surface area contributed by atoms with Crippen LogP contribution >= 0.6 is 11.8 Å². The molecule has 0 amide bonds. The van der Waals surface area contributed by atoms with E-state index in [0.717, 1.165) is 5.88 Å². The normalized spacial score (nSPS) is 11.1. The van der Waals surface area contributed by atoms with Crippen molar-refractivity contribution in [2.24, 2.45) is 7.05 Å². The third kappa shape index (κ3) is 9.46. The van der Waals surface area contributed by atoms with E-state index in [9.17, 15) is 0 Å². The van der Waals surface area contributed by atoms with E-state index in [1.54, 1.807) is 0 Å². The summed E-state index contributed by atoms with van der Waals surface area (Å²) in [6, 6.07) is 0. The van der Waals surface area contributed by atoms with Crippen LogP contribution in [0, 0.1) is 0 Å². The van der Waals surface area contributed by atoms with E-state index >= 15 is 0 Å². The first-order valence-electron chi connectivity index (χ1n) is 8.41. The topological polar surface area (TPSA) is 8.81 Å². The largest absolute Gasteiger partial charge is 0.244 e. The predicted octanol–water partition coefficient (Wildman–Crippen LogP) is 4.92. The van der Waals surface area contributed by atoms with Gasteiger partial charge >= 0.3 is 0 Å². The Morgan fingerprint density at radius 3 is 2.05 bits per heavy atom. The average Bonchev–Trinajstić information content (AvgIpc) is 2.86. The number of hydrogen-bond acceptors (Lipinski definition) is 1. The lowest BCUT2D eigenvalue weighted by Crippen LogP contribution is -2.23. The van der Waals surface area contributed by atoms with Crippen LogP contribution in [0.25, 0.3) is 0 Å². The second-order valence-electron chi connectivity index (χ2n) is 5.81. The zero-order chi connectivity index (χ0) is 14.5. The molecule has 0 bridgehead atoms. The van der Waals surface area contributed by atoms with Gasteiger partial charge in [-0.05, 0) is 12.2 Å². The first-order chi connectivity index (χ1) is 9.83. The maximum Gasteiger partial charge on any atom is 0.244 e. The summed E-state index contributed by atoms with van der Waals surface area (Å²) in [7, 11) is 2.07. The summed E-state index contributed by atoms with van der Waals surface area (Å²) in [5, 5.41) is 0. The molecule has 1 aromatic rings. The molecule has 0 saturated heterocycles. The quantitative estimate of drug-likeness (QED) is 0.370. The van der Waals surface area contributed by atoms with Crippen LogP contribution in [0.1, 0.15) is 71.1 Å². The highest BCUT2D eigenvalue weighted by Gasteiger charge is 1.99. The van der Waals surface area contributed by atoms with Crippen LogP contribution in [0.2, 0.25) is 0 Å². The summed E-state index contributed by atoms with van der Waals surface area (Å²) < 4.78 is 4.35. The van der Waals surface area contributed by atoms with Crippen molar-refractivity contribution < 1.29 is 4.57 Å². The molecule has 0 spiro atoms. The van der Waals surface area contributed by atoms with Gasteiger partial charge in [0.05, 0.1) is 7.05 Å². The van der Waals surface area contributed by atoms with Crippen molar-refractivity contribution >= 4 is 11.8 Å². The van der Waals surface area contributed by atoms with Crippen molar-refractivity contribution in [2.75, 3.05) is 5.75 Å². The Hall–Kier alpha value is -0.440. The van der Waals surface area contributed by atoms with Crippen LogP contribution in [0.5, 0.6) is 0 Å². The highest BCUT2D eigenvalue weighted by Crippen LogP contribution is 2.13. The molecule has 0 N–H and O–H groups in total. The minimum atomic E-state index is 1.10. The zero-order valence-corrected chi connectivity index (χ0v) is 14.3. The molecule has 0 saturated carbocycles. The second kappa shape index (κ2) is 12.3. The van der Waals surface area contributed by atoms with Gasteiger partial charge in [0, 0.05) is 0 Å². The summed E-state index contributed by atoms with van der Waals surface area (Å²) in [5.74, 6) is 2.40. The Kier molecular flexibility index (Phi) is 10.8. The van der Waals surface area contributed by atoms with E-state index in [2.05, 4.69) is 41.8 Å². The molecule has 0 unspecified atom stereocenters. The Labute approximate surface area is 130 Å². The monoisotopic (exact) mass is 297 g/mol. The third-order valence-corrected chi connectivity index (χ3v) is 4.76. The van der Waals surface area contributed by atoms with E-state index in [0.29, 0.717) is 0 Å². The number of nitrogens with zero attached hydrogens (tertiary/aromatic N) is 2. The van der Waals surface area contributed by atoms with Crippen molar-refractivity contribution in [1.29, 1.82) is 0 Å². The molecule has 1 aromatic heterocycles. The van der Waals surface area contributed by atoms with Gasteiger partial charge in [-0.15, -0.1) is 11.8 Å². The summed E-state index contributed by atoms with van der Waals surface area (Å²) in [6.45, 7) is 2.29. The molecule has 0 aliphatic carbocycles. The van der Waals surface area contributed by atoms with Crippen LogP contribution in [-0.2, 0) is 12.9 Å². The van der Waals surface area contributed by atoms with Crippen LogP contribution in [0.3, 0.4) is 0 Å². The fourth-order valence-corrected chi connectivity index (χ4v) is 3.34. The van der Waals surface area contributed by atoms with Gasteiger partial charge in [-0.1, -0.05) is 64.7 Å². The predicted molar refractivity (Wildman–Crippen MR) is 89.9 cm³/mol. The standard InChI is InChI=1S/C17H33N2S/c1-3-4-5-6-7-8-9-10-11-12-15-20-17-19-14-13-18(2)16-19/h13-14,16H,3-12,15,17H2,1-2H3/q+1. The number of hydrogen-bond donors (Lipinski definition) is 0. The van der Waals surface area contributed by atoms with Crippen molar-refractivity contribution in [2.45, 2.75) is 77.0 Å². The smallest absolute Gasteiger partial charge is 0.240 e. The van der Waals surface area contributed by atoms with Gasteiger partial charge < -0.3 is 0 Å². The number of aromatic nitrogens is 2. The number of unbranched alkanes of at least 4 members (excludes halogenated alkanes) is 9. The van der Waals surface area contributed by atoms with E-state index in [1.807, 2.05) is 11.8 Å². The zero-order valence-electron chi connectivity index (χ0n) is 13.5.